The highest BCUT2D eigenvalue weighted by atomic mass is 19.2. The summed E-state index contributed by atoms with van der Waals surface area (Å²) in [6, 6.07) is 1.46. The number of rotatable bonds is 0. The van der Waals surface area contributed by atoms with Crippen molar-refractivity contribution < 1.29 is 4.48 Å². The van der Waals surface area contributed by atoms with Gasteiger partial charge in [-0.15, -0.1) is 5.10 Å². The van der Waals surface area contributed by atoms with Crippen LogP contribution >= 0.6 is 0 Å². The number of aromatic nitrogens is 2. The van der Waals surface area contributed by atoms with Crippen LogP contribution in [0.25, 0.3) is 0 Å². The molecule has 0 aliphatic heterocycles. The zero-order valence-electron chi connectivity index (χ0n) is 4.43. The van der Waals surface area contributed by atoms with Crippen LogP contribution in [-0.4, -0.2) is 10.0 Å². The van der Waals surface area contributed by atoms with Crippen LogP contribution in [-0.2, 0) is 0 Å². The van der Waals surface area contributed by atoms with Crippen molar-refractivity contribution in [2.75, 3.05) is 5.73 Å². The molecule has 0 unspecified atom stereocenters. The maximum atomic E-state index is 12.1. The van der Waals surface area contributed by atoms with E-state index in [1.165, 1.54) is 6.07 Å². The molecular formula is C4H6FN3. The molecule has 0 spiro atoms. The van der Waals surface area contributed by atoms with Gasteiger partial charge in [0, 0.05) is 6.07 Å². The lowest BCUT2D eigenvalue weighted by atomic mass is 10.5. The Morgan fingerprint density at radius 2 is 2.50 bits per heavy atom. The van der Waals surface area contributed by atoms with Crippen molar-refractivity contribution in [1.29, 1.82) is 0 Å². The Kier molecular flexibility index (Phi) is 0.932. The second-order valence-electron chi connectivity index (χ2n) is 1.57. The molecule has 4 heteroatoms. The minimum absolute atomic E-state index is 0.213. The van der Waals surface area contributed by atoms with Crippen molar-refractivity contribution in [3.05, 3.63) is 11.8 Å². The molecule has 0 saturated heterocycles. The maximum absolute atomic E-state index is 12.1. The lowest BCUT2D eigenvalue weighted by Crippen LogP contribution is -1.88. The summed E-state index contributed by atoms with van der Waals surface area (Å²) in [7, 11) is 0. The standard InChI is InChI=1S/C4H6FN3/c1-3-2-4(6)7-8(3)5/h2H,1H3,(H2,6,7). The van der Waals surface area contributed by atoms with Gasteiger partial charge >= 0.3 is 0 Å². The molecule has 8 heavy (non-hydrogen) atoms. The number of hydrogen-bond acceptors (Lipinski definition) is 2. The smallest absolute Gasteiger partial charge is 0.148 e. The molecule has 2 N–H and O–H groups in total. The number of anilines is 1. The normalized spacial score (nSPS) is 9.75. The van der Waals surface area contributed by atoms with Crippen molar-refractivity contribution in [2.45, 2.75) is 6.92 Å². The summed E-state index contributed by atoms with van der Waals surface area (Å²) in [4.78, 5) is 0.245. The quantitative estimate of drug-likeness (QED) is 0.535. The second kappa shape index (κ2) is 1.47. The summed E-state index contributed by atoms with van der Waals surface area (Å²) < 4.78 is 12.1. The van der Waals surface area contributed by atoms with E-state index >= 15 is 0 Å². The van der Waals surface area contributed by atoms with Crippen molar-refractivity contribution in [3.8, 4) is 0 Å². The van der Waals surface area contributed by atoms with E-state index in [0.29, 0.717) is 5.69 Å². The predicted molar refractivity (Wildman–Crippen MR) is 27.9 cm³/mol. The number of aryl methyl sites for hydroxylation is 1. The number of halogens is 1. The van der Waals surface area contributed by atoms with E-state index in [-0.39, 0.29) is 10.7 Å². The van der Waals surface area contributed by atoms with Gasteiger partial charge in [-0.1, -0.05) is 9.39 Å². The maximum Gasteiger partial charge on any atom is 0.148 e. The first-order valence-corrected chi connectivity index (χ1v) is 2.18. The van der Waals surface area contributed by atoms with Crippen LogP contribution in [0.2, 0.25) is 0 Å². The number of nitrogen functional groups attached to an aromatic ring is 1. The van der Waals surface area contributed by atoms with Crippen molar-refractivity contribution >= 4 is 5.82 Å². The van der Waals surface area contributed by atoms with Gasteiger partial charge in [0.2, 0.25) is 0 Å². The molecule has 0 atom stereocenters. The molecule has 1 heterocycles. The molecule has 0 bridgehead atoms. The highest BCUT2D eigenvalue weighted by Crippen LogP contribution is 2.02. The molecule has 44 valence electrons. The third kappa shape index (κ3) is 0.641. The van der Waals surface area contributed by atoms with Gasteiger partial charge in [-0.2, -0.15) is 0 Å². The van der Waals surface area contributed by atoms with Gasteiger partial charge in [-0.25, -0.2) is 0 Å². The molecule has 0 saturated carbocycles. The molecule has 0 aromatic carbocycles. The van der Waals surface area contributed by atoms with Crippen LogP contribution in [0.4, 0.5) is 10.3 Å². The van der Waals surface area contributed by atoms with Gasteiger partial charge < -0.3 is 5.73 Å². The van der Waals surface area contributed by atoms with E-state index in [1.54, 1.807) is 6.92 Å². The topological polar surface area (TPSA) is 43.8 Å². The summed E-state index contributed by atoms with van der Waals surface area (Å²) in [5.74, 6) is 0.213. The van der Waals surface area contributed by atoms with Crippen molar-refractivity contribution in [3.63, 3.8) is 0 Å². The summed E-state index contributed by atoms with van der Waals surface area (Å²) in [6.07, 6.45) is 0. The Morgan fingerprint density at radius 3 is 2.62 bits per heavy atom. The van der Waals surface area contributed by atoms with E-state index in [0.717, 1.165) is 0 Å². The molecule has 0 aliphatic rings. The molecule has 1 aromatic rings. The van der Waals surface area contributed by atoms with E-state index in [1.807, 2.05) is 0 Å². The fraction of sp³-hybridized carbons (Fsp3) is 0.250. The van der Waals surface area contributed by atoms with Gasteiger partial charge in [0.1, 0.15) is 5.82 Å². The van der Waals surface area contributed by atoms with Gasteiger partial charge in [0.05, 0.1) is 5.69 Å². The third-order valence-corrected chi connectivity index (χ3v) is 0.851. The monoisotopic (exact) mass is 115 g/mol. The molecular weight excluding hydrogens is 109 g/mol. The SMILES string of the molecule is Cc1cc(N)nn1F. The van der Waals surface area contributed by atoms with E-state index in [2.05, 4.69) is 5.10 Å². The summed E-state index contributed by atoms with van der Waals surface area (Å²) >= 11 is 0. The predicted octanol–water partition coefficient (Wildman–Crippen LogP) is 0.506. The first kappa shape index (κ1) is 5.08. The Morgan fingerprint density at radius 1 is 1.88 bits per heavy atom. The van der Waals surface area contributed by atoms with Gasteiger partial charge in [0.15, 0.2) is 0 Å². The number of hydrogen-bond donors (Lipinski definition) is 1. The second-order valence-corrected chi connectivity index (χ2v) is 1.57. The van der Waals surface area contributed by atoms with E-state index in [9.17, 15) is 4.48 Å². The lowest BCUT2D eigenvalue weighted by molar-refractivity contribution is 0.308. The lowest BCUT2D eigenvalue weighted by Gasteiger charge is -1.80. The molecule has 3 nitrogen and oxygen atoms in total. The minimum Gasteiger partial charge on any atom is -0.382 e. The Labute approximate surface area is 45.8 Å². The number of nitrogens with two attached hydrogens (primary N) is 1. The number of nitrogens with zero attached hydrogens (tertiary/aromatic N) is 2. The van der Waals surface area contributed by atoms with Crippen LogP contribution in [0.3, 0.4) is 0 Å². The van der Waals surface area contributed by atoms with Crippen molar-refractivity contribution in [2.24, 2.45) is 0 Å². The molecule has 0 aliphatic carbocycles. The van der Waals surface area contributed by atoms with Crippen LogP contribution in [0.15, 0.2) is 6.07 Å². The molecule has 0 fully saturated rings. The Hall–Kier alpha value is -1.06. The zero-order valence-corrected chi connectivity index (χ0v) is 4.43. The fourth-order valence-corrected chi connectivity index (χ4v) is 0.476. The molecule has 0 amide bonds. The van der Waals surface area contributed by atoms with Crippen LogP contribution in [0, 0.1) is 6.92 Å². The zero-order chi connectivity index (χ0) is 6.15. The third-order valence-electron chi connectivity index (χ3n) is 0.851. The Bertz CT molecular complexity index is 174. The highest BCUT2D eigenvalue weighted by molar-refractivity contribution is 5.27. The van der Waals surface area contributed by atoms with Gasteiger partial charge in [0.25, 0.3) is 0 Å². The largest absolute Gasteiger partial charge is 0.382 e. The van der Waals surface area contributed by atoms with E-state index < -0.39 is 0 Å². The van der Waals surface area contributed by atoms with Crippen LogP contribution < -0.4 is 5.73 Å². The van der Waals surface area contributed by atoms with Crippen molar-refractivity contribution in [1.82, 2.24) is 10.0 Å². The average Bonchev–Trinajstić information content (AvgIpc) is 1.85. The highest BCUT2D eigenvalue weighted by Gasteiger charge is 1.96. The average molecular weight is 115 g/mol. The molecule has 1 rings (SSSR count). The van der Waals surface area contributed by atoms with Gasteiger partial charge in [-0.3, -0.25) is 0 Å². The van der Waals surface area contributed by atoms with Crippen LogP contribution in [0.5, 0.6) is 0 Å². The van der Waals surface area contributed by atoms with Crippen LogP contribution in [0.1, 0.15) is 5.69 Å². The summed E-state index contributed by atoms with van der Waals surface area (Å²) in [5, 5.41) is 3.24. The minimum atomic E-state index is 0.213. The molecule has 0 radical (unpaired) electrons. The van der Waals surface area contributed by atoms with Gasteiger partial charge in [-0.05, 0) is 6.92 Å². The Balaban J connectivity index is 3.14. The summed E-state index contributed by atoms with van der Waals surface area (Å²) in [6.45, 7) is 1.59. The fourth-order valence-electron chi connectivity index (χ4n) is 0.476. The first-order valence-electron chi connectivity index (χ1n) is 2.18. The molecule has 1 aromatic heterocycles. The van der Waals surface area contributed by atoms with E-state index in [4.69, 9.17) is 5.73 Å². The summed E-state index contributed by atoms with van der Waals surface area (Å²) in [5.41, 5.74) is 5.53. The first-order chi connectivity index (χ1) is 3.70.